The second-order valence-electron chi connectivity index (χ2n) is 4.99. The van der Waals surface area contributed by atoms with Gasteiger partial charge in [0.05, 0.1) is 22.8 Å². The zero-order valence-corrected chi connectivity index (χ0v) is 12.9. The van der Waals surface area contributed by atoms with Gasteiger partial charge < -0.3 is 5.32 Å². The Morgan fingerprint density at radius 3 is 2.86 bits per heavy atom. The minimum absolute atomic E-state index is 0.0352. The Labute approximate surface area is 131 Å². The molecule has 1 aromatic heterocycles. The molecule has 1 aromatic carbocycles. The van der Waals surface area contributed by atoms with Crippen LogP contribution in [0.4, 0.5) is 0 Å². The molecule has 1 N–H and O–H groups in total. The van der Waals surface area contributed by atoms with Crippen molar-refractivity contribution >= 4 is 27.3 Å². The number of amides is 1. The van der Waals surface area contributed by atoms with E-state index in [9.17, 15) is 13.2 Å². The number of benzene rings is 1. The zero-order chi connectivity index (χ0) is 15.7. The summed E-state index contributed by atoms with van der Waals surface area (Å²) in [5.41, 5.74) is 0.747. The first-order valence-electron chi connectivity index (χ1n) is 6.49. The standard InChI is InChI=1S/C12H12ClN5O3S/c13-8-1-2-10(11(5-8)18-7-14-16-17-18)12(19)15-9-3-4-22(20,21)6-9/h1-2,5,7,9H,3-4,6H2,(H,15,19)/t9-/m1/s1. The zero-order valence-electron chi connectivity index (χ0n) is 11.3. The Bertz CT molecular complexity index is 806. The van der Waals surface area contributed by atoms with Crippen molar-refractivity contribution in [1.29, 1.82) is 0 Å². The lowest BCUT2D eigenvalue weighted by Gasteiger charge is -2.13. The van der Waals surface area contributed by atoms with Gasteiger partial charge in [0, 0.05) is 11.1 Å². The Kier molecular flexibility index (Phi) is 3.83. The van der Waals surface area contributed by atoms with Crippen molar-refractivity contribution in [1.82, 2.24) is 25.5 Å². The van der Waals surface area contributed by atoms with Crippen LogP contribution in [-0.2, 0) is 9.84 Å². The summed E-state index contributed by atoms with van der Waals surface area (Å²) in [5, 5.41) is 14.0. The van der Waals surface area contributed by atoms with Gasteiger partial charge in [-0.2, -0.15) is 4.68 Å². The van der Waals surface area contributed by atoms with Crippen LogP contribution in [0, 0.1) is 0 Å². The summed E-state index contributed by atoms with van der Waals surface area (Å²) in [6, 6.07) is 4.32. The highest BCUT2D eigenvalue weighted by molar-refractivity contribution is 7.91. The second kappa shape index (κ2) is 5.65. The molecule has 0 unspecified atom stereocenters. The van der Waals surface area contributed by atoms with Gasteiger partial charge in [0.25, 0.3) is 5.91 Å². The molecule has 1 aliphatic rings. The third kappa shape index (κ3) is 3.09. The molecular weight excluding hydrogens is 330 g/mol. The van der Waals surface area contributed by atoms with Gasteiger partial charge in [-0.15, -0.1) is 5.10 Å². The van der Waals surface area contributed by atoms with Gasteiger partial charge >= 0.3 is 0 Å². The number of hydrogen-bond acceptors (Lipinski definition) is 6. The van der Waals surface area contributed by atoms with Gasteiger partial charge in [0.15, 0.2) is 9.84 Å². The van der Waals surface area contributed by atoms with Crippen LogP contribution in [0.2, 0.25) is 5.02 Å². The number of carbonyl (C=O) groups is 1. The third-order valence-corrected chi connectivity index (χ3v) is 5.37. The molecule has 10 heteroatoms. The molecule has 2 heterocycles. The van der Waals surface area contributed by atoms with Crippen LogP contribution < -0.4 is 5.32 Å². The summed E-state index contributed by atoms with van der Waals surface area (Å²) < 4.78 is 24.2. The molecule has 0 bridgehead atoms. The fraction of sp³-hybridized carbons (Fsp3) is 0.333. The number of aromatic nitrogens is 4. The van der Waals surface area contributed by atoms with Crippen LogP contribution >= 0.6 is 11.6 Å². The maximum atomic E-state index is 12.4. The summed E-state index contributed by atoms with van der Waals surface area (Å²) in [5.74, 6) is -0.324. The first-order chi connectivity index (χ1) is 10.4. The number of halogens is 1. The maximum Gasteiger partial charge on any atom is 0.253 e. The fourth-order valence-corrected chi connectivity index (χ4v) is 4.17. The van der Waals surface area contributed by atoms with E-state index in [4.69, 9.17) is 11.6 Å². The lowest BCUT2D eigenvalue weighted by atomic mass is 10.1. The van der Waals surface area contributed by atoms with Crippen molar-refractivity contribution in [2.75, 3.05) is 11.5 Å². The van der Waals surface area contributed by atoms with Gasteiger partial charge in [0.1, 0.15) is 6.33 Å². The normalized spacial score (nSPS) is 20.0. The van der Waals surface area contributed by atoms with Crippen molar-refractivity contribution < 1.29 is 13.2 Å². The number of nitrogens with one attached hydrogen (secondary N) is 1. The summed E-state index contributed by atoms with van der Waals surface area (Å²) in [4.78, 5) is 12.4. The van der Waals surface area contributed by atoms with Crippen LogP contribution in [0.25, 0.3) is 5.69 Å². The number of sulfone groups is 1. The van der Waals surface area contributed by atoms with E-state index in [1.165, 1.54) is 11.0 Å². The molecular formula is C12H12ClN5O3S. The van der Waals surface area contributed by atoms with Crippen molar-refractivity contribution in [3.05, 3.63) is 35.1 Å². The molecule has 0 aliphatic carbocycles. The maximum absolute atomic E-state index is 12.4. The fourth-order valence-electron chi connectivity index (χ4n) is 2.33. The molecule has 0 saturated carbocycles. The van der Waals surface area contributed by atoms with E-state index < -0.39 is 9.84 Å². The van der Waals surface area contributed by atoms with Gasteiger partial charge in [0.2, 0.25) is 0 Å². The molecule has 0 spiro atoms. The summed E-state index contributed by atoms with van der Waals surface area (Å²) in [6.07, 6.45) is 1.77. The predicted molar refractivity (Wildman–Crippen MR) is 78.7 cm³/mol. The number of carbonyl (C=O) groups excluding carboxylic acids is 1. The number of hydrogen-bond donors (Lipinski definition) is 1. The topological polar surface area (TPSA) is 107 Å². The van der Waals surface area contributed by atoms with Crippen LogP contribution in [0.3, 0.4) is 0 Å². The largest absolute Gasteiger partial charge is 0.348 e. The third-order valence-electron chi connectivity index (χ3n) is 3.37. The average Bonchev–Trinajstić information content (AvgIpc) is 3.08. The number of tetrazole rings is 1. The lowest BCUT2D eigenvalue weighted by Crippen LogP contribution is -2.36. The smallest absolute Gasteiger partial charge is 0.253 e. The molecule has 1 aliphatic heterocycles. The average molecular weight is 342 g/mol. The van der Waals surface area contributed by atoms with E-state index in [-0.39, 0.29) is 23.5 Å². The van der Waals surface area contributed by atoms with Crippen LogP contribution in [0.15, 0.2) is 24.5 Å². The molecule has 1 fully saturated rings. The highest BCUT2D eigenvalue weighted by atomic mass is 35.5. The first-order valence-corrected chi connectivity index (χ1v) is 8.69. The van der Waals surface area contributed by atoms with E-state index in [0.717, 1.165) is 0 Å². The Morgan fingerprint density at radius 1 is 1.41 bits per heavy atom. The van der Waals surface area contributed by atoms with Gasteiger partial charge in [-0.1, -0.05) is 11.6 Å². The van der Waals surface area contributed by atoms with E-state index in [2.05, 4.69) is 20.8 Å². The minimum atomic E-state index is -3.06. The van der Waals surface area contributed by atoms with Crippen molar-refractivity contribution in [2.45, 2.75) is 12.5 Å². The minimum Gasteiger partial charge on any atom is -0.348 e. The van der Waals surface area contributed by atoms with Gasteiger partial charge in [-0.3, -0.25) is 4.79 Å². The van der Waals surface area contributed by atoms with E-state index in [0.29, 0.717) is 22.7 Å². The summed E-state index contributed by atoms with van der Waals surface area (Å²) in [7, 11) is -3.06. The summed E-state index contributed by atoms with van der Waals surface area (Å²) in [6.45, 7) is 0. The molecule has 1 amide bonds. The number of rotatable bonds is 3. The summed E-state index contributed by atoms with van der Waals surface area (Å²) >= 11 is 5.95. The molecule has 1 saturated heterocycles. The van der Waals surface area contributed by atoms with Crippen molar-refractivity contribution in [2.24, 2.45) is 0 Å². The highest BCUT2D eigenvalue weighted by Crippen LogP contribution is 2.20. The monoisotopic (exact) mass is 341 g/mol. The van der Waals surface area contributed by atoms with E-state index in [1.54, 1.807) is 18.2 Å². The van der Waals surface area contributed by atoms with Crippen LogP contribution in [-0.4, -0.2) is 52.1 Å². The first kappa shape index (κ1) is 14.9. The Balaban J connectivity index is 1.87. The molecule has 8 nitrogen and oxygen atoms in total. The Hall–Kier alpha value is -2.00. The van der Waals surface area contributed by atoms with E-state index >= 15 is 0 Å². The predicted octanol–water partition coefficient (Wildman–Crippen LogP) is 0.233. The van der Waals surface area contributed by atoms with Gasteiger partial charge in [-0.25, -0.2) is 8.42 Å². The quantitative estimate of drug-likeness (QED) is 0.856. The Morgan fingerprint density at radius 2 is 2.23 bits per heavy atom. The lowest BCUT2D eigenvalue weighted by molar-refractivity contribution is 0.0941. The molecule has 3 rings (SSSR count). The number of nitrogens with zero attached hydrogens (tertiary/aromatic N) is 4. The molecule has 2 aromatic rings. The van der Waals surface area contributed by atoms with Crippen LogP contribution in [0.1, 0.15) is 16.8 Å². The van der Waals surface area contributed by atoms with Crippen molar-refractivity contribution in [3.63, 3.8) is 0 Å². The molecule has 0 radical (unpaired) electrons. The van der Waals surface area contributed by atoms with Crippen LogP contribution in [0.5, 0.6) is 0 Å². The molecule has 22 heavy (non-hydrogen) atoms. The molecule has 116 valence electrons. The highest BCUT2D eigenvalue weighted by Gasteiger charge is 2.29. The van der Waals surface area contributed by atoms with Gasteiger partial charge in [-0.05, 0) is 35.0 Å². The second-order valence-corrected chi connectivity index (χ2v) is 7.65. The van der Waals surface area contributed by atoms with E-state index in [1.807, 2.05) is 0 Å². The molecule has 1 atom stereocenters. The van der Waals surface area contributed by atoms with Crippen molar-refractivity contribution in [3.8, 4) is 5.69 Å². The SMILES string of the molecule is O=C(N[C@@H]1CCS(=O)(=O)C1)c1ccc(Cl)cc1-n1cnnn1.